The van der Waals surface area contributed by atoms with Crippen molar-refractivity contribution < 1.29 is 4.74 Å². The molecule has 0 saturated carbocycles. The minimum absolute atomic E-state index is 0.766. The Kier molecular flexibility index (Phi) is 12.3. The van der Waals surface area contributed by atoms with E-state index in [0.29, 0.717) is 0 Å². The summed E-state index contributed by atoms with van der Waals surface area (Å²) >= 11 is 0. The highest BCUT2D eigenvalue weighted by molar-refractivity contribution is 4.55. The number of ether oxygens (including phenoxy) is 1. The van der Waals surface area contributed by atoms with Crippen LogP contribution in [0.25, 0.3) is 0 Å². The highest BCUT2D eigenvalue weighted by atomic mass is 16.5. The molecule has 0 aliphatic carbocycles. The predicted molar refractivity (Wildman–Crippen MR) is 75.5 cm³/mol. The van der Waals surface area contributed by atoms with E-state index in [0.717, 1.165) is 32.0 Å². The lowest BCUT2D eigenvalue weighted by molar-refractivity contribution is 0.179. The third kappa shape index (κ3) is 13.8. The van der Waals surface area contributed by atoms with E-state index in [4.69, 9.17) is 4.74 Å². The summed E-state index contributed by atoms with van der Waals surface area (Å²) in [6, 6.07) is 0. The molecule has 17 heavy (non-hydrogen) atoms. The van der Waals surface area contributed by atoms with E-state index in [9.17, 15) is 0 Å². The quantitative estimate of drug-likeness (QED) is 0.533. The Hall–Kier alpha value is -0.120. The fourth-order valence-corrected chi connectivity index (χ4v) is 1.79. The van der Waals surface area contributed by atoms with Gasteiger partial charge in [-0.1, -0.05) is 20.3 Å². The van der Waals surface area contributed by atoms with Crippen LogP contribution < -0.4 is 5.32 Å². The lowest BCUT2D eigenvalue weighted by Crippen LogP contribution is -2.23. The smallest absolute Gasteiger partial charge is 0.0474 e. The minimum Gasteiger partial charge on any atom is -0.385 e. The average molecular weight is 244 g/mol. The van der Waals surface area contributed by atoms with Gasteiger partial charge in [-0.25, -0.2) is 0 Å². The Morgan fingerprint density at radius 1 is 1.06 bits per heavy atom. The fourth-order valence-electron chi connectivity index (χ4n) is 1.79. The van der Waals surface area contributed by atoms with Crippen LogP contribution in [0.3, 0.4) is 0 Å². The molecule has 0 aromatic rings. The second kappa shape index (κ2) is 12.3. The molecule has 0 spiro atoms. The molecule has 0 bridgehead atoms. The molecule has 0 heterocycles. The summed E-state index contributed by atoms with van der Waals surface area (Å²) in [5.74, 6) is 0.766. The molecule has 0 atom stereocenters. The molecule has 0 aliphatic heterocycles. The molecule has 0 aromatic carbocycles. The Morgan fingerprint density at radius 2 is 1.76 bits per heavy atom. The van der Waals surface area contributed by atoms with Gasteiger partial charge in [0.05, 0.1) is 0 Å². The van der Waals surface area contributed by atoms with Crippen molar-refractivity contribution in [2.24, 2.45) is 5.92 Å². The summed E-state index contributed by atoms with van der Waals surface area (Å²) in [6.45, 7) is 10.1. The first-order valence-electron chi connectivity index (χ1n) is 7.05. The van der Waals surface area contributed by atoms with Crippen LogP contribution in [0.2, 0.25) is 0 Å². The highest BCUT2D eigenvalue weighted by Crippen LogP contribution is 1.98. The second-order valence-electron chi connectivity index (χ2n) is 5.31. The Bertz CT molecular complexity index is 151. The molecule has 0 rings (SSSR count). The van der Waals surface area contributed by atoms with E-state index in [2.05, 4.69) is 31.1 Å². The van der Waals surface area contributed by atoms with E-state index in [1.54, 1.807) is 7.11 Å². The van der Waals surface area contributed by atoms with Crippen molar-refractivity contribution >= 4 is 0 Å². The summed E-state index contributed by atoms with van der Waals surface area (Å²) in [6.07, 6.45) is 5.09. The van der Waals surface area contributed by atoms with E-state index in [-0.39, 0.29) is 0 Å². The number of hydrogen-bond acceptors (Lipinski definition) is 3. The molecular weight excluding hydrogens is 212 g/mol. The van der Waals surface area contributed by atoms with E-state index in [1.807, 2.05) is 0 Å². The largest absolute Gasteiger partial charge is 0.385 e. The van der Waals surface area contributed by atoms with E-state index in [1.165, 1.54) is 32.4 Å². The zero-order chi connectivity index (χ0) is 12.9. The normalized spacial score (nSPS) is 11.6. The van der Waals surface area contributed by atoms with Gasteiger partial charge in [-0.15, -0.1) is 0 Å². The first-order valence-corrected chi connectivity index (χ1v) is 7.05. The predicted octanol–water partition coefficient (Wildman–Crippen LogP) is 2.37. The molecule has 0 aliphatic rings. The van der Waals surface area contributed by atoms with Crippen molar-refractivity contribution in [3.05, 3.63) is 0 Å². The van der Waals surface area contributed by atoms with Crippen LogP contribution in [-0.2, 0) is 4.74 Å². The SMILES string of the molecule is COCCCN(C)CCCCCNCC(C)C. The van der Waals surface area contributed by atoms with Gasteiger partial charge >= 0.3 is 0 Å². The van der Waals surface area contributed by atoms with E-state index >= 15 is 0 Å². The van der Waals surface area contributed by atoms with Crippen LogP contribution in [-0.4, -0.2) is 51.8 Å². The maximum Gasteiger partial charge on any atom is 0.0474 e. The van der Waals surface area contributed by atoms with Gasteiger partial charge in [0.2, 0.25) is 0 Å². The lowest BCUT2D eigenvalue weighted by Gasteiger charge is -2.16. The van der Waals surface area contributed by atoms with Gasteiger partial charge in [0, 0.05) is 20.3 Å². The van der Waals surface area contributed by atoms with Crippen molar-refractivity contribution in [1.29, 1.82) is 0 Å². The zero-order valence-electron chi connectivity index (χ0n) is 12.3. The van der Waals surface area contributed by atoms with Gasteiger partial charge in [-0.05, 0) is 51.9 Å². The Balaban J connectivity index is 3.11. The van der Waals surface area contributed by atoms with Crippen molar-refractivity contribution in [2.45, 2.75) is 39.5 Å². The molecule has 0 amide bonds. The minimum atomic E-state index is 0.766. The van der Waals surface area contributed by atoms with Crippen LogP contribution >= 0.6 is 0 Å². The summed E-state index contributed by atoms with van der Waals surface area (Å²) in [5.41, 5.74) is 0. The third-order valence-electron chi connectivity index (χ3n) is 2.83. The molecule has 0 saturated heterocycles. The zero-order valence-corrected chi connectivity index (χ0v) is 12.3. The van der Waals surface area contributed by atoms with Gasteiger partial charge in [-0.2, -0.15) is 0 Å². The average Bonchev–Trinajstić information content (AvgIpc) is 2.28. The number of rotatable bonds is 12. The number of nitrogens with zero attached hydrogens (tertiary/aromatic N) is 1. The second-order valence-corrected chi connectivity index (χ2v) is 5.31. The fraction of sp³-hybridized carbons (Fsp3) is 1.00. The van der Waals surface area contributed by atoms with Crippen LogP contribution in [0.15, 0.2) is 0 Å². The summed E-state index contributed by atoms with van der Waals surface area (Å²) < 4.78 is 5.05. The highest BCUT2D eigenvalue weighted by Gasteiger charge is 1.98. The van der Waals surface area contributed by atoms with Gasteiger partial charge in [0.1, 0.15) is 0 Å². The molecule has 104 valence electrons. The van der Waals surface area contributed by atoms with Crippen molar-refractivity contribution in [3.63, 3.8) is 0 Å². The first kappa shape index (κ1) is 16.9. The molecule has 3 nitrogen and oxygen atoms in total. The number of hydrogen-bond donors (Lipinski definition) is 1. The number of nitrogens with one attached hydrogen (secondary N) is 1. The van der Waals surface area contributed by atoms with Gasteiger partial charge < -0.3 is 15.0 Å². The first-order chi connectivity index (χ1) is 8.16. The topological polar surface area (TPSA) is 24.5 Å². The molecule has 3 heteroatoms. The lowest BCUT2D eigenvalue weighted by atomic mass is 10.2. The number of methoxy groups -OCH3 is 1. The van der Waals surface area contributed by atoms with Crippen LogP contribution in [0, 0.1) is 5.92 Å². The molecule has 1 N–H and O–H groups in total. The van der Waals surface area contributed by atoms with Crippen molar-refractivity contribution in [1.82, 2.24) is 10.2 Å². The maximum atomic E-state index is 5.05. The monoisotopic (exact) mass is 244 g/mol. The van der Waals surface area contributed by atoms with Gasteiger partial charge in [0.25, 0.3) is 0 Å². The van der Waals surface area contributed by atoms with Crippen LogP contribution in [0.5, 0.6) is 0 Å². The molecular formula is C14H32N2O. The van der Waals surface area contributed by atoms with E-state index < -0.39 is 0 Å². The number of unbranched alkanes of at least 4 members (excludes halogenated alkanes) is 2. The van der Waals surface area contributed by atoms with Gasteiger partial charge in [0.15, 0.2) is 0 Å². The van der Waals surface area contributed by atoms with Crippen molar-refractivity contribution in [2.75, 3.05) is 46.9 Å². The molecule has 0 aromatic heterocycles. The molecule has 0 fully saturated rings. The maximum absolute atomic E-state index is 5.05. The third-order valence-corrected chi connectivity index (χ3v) is 2.83. The van der Waals surface area contributed by atoms with Crippen LogP contribution in [0.1, 0.15) is 39.5 Å². The standard InChI is InChI=1S/C14H32N2O/c1-14(2)13-15-9-6-5-7-10-16(3)11-8-12-17-4/h14-15H,5-13H2,1-4H3. The van der Waals surface area contributed by atoms with Crippen LogP contribution in [0.4, 0.5) is 0 Å². The molecule has 0 unspecified atom stereocenters. The van der Waals surface area contributed by atoms with Crippen molar-refractivity contribution in [3.8, 4) is 0 Å². The Labute approximate surface area is 108 Å². The van der Waals surface area contributed by atoms with Gasteiger partial charge in [-0.3, -0.25) is 0 Å². The Morgan fingerprint density at radius 3 is 2.41 bits per heavy atom. The summed E-state index contributed by atoms with van der Waals surface area (Å²) in [4.78, 5) is 2.40. The summed E-state index contributed by atoms with van der Waals surface area (Å²) in [7, 11) is 3.97. The summed E-state index contributed by atoms with van der Waals surface area (Å²) in [5, 5.41) is 3.48. The molecule has 0 radical (unpaired) electrons.